The van der Waals surface area contributed by atoms with E-state index in [1.165, 1.54) is 0 Å². The van der Waals surface area contributed by atoms with Crippen molar-refractivity contribution in [1.29, 1.82) is 0 Å². The van der Waals surface area contributed by atoms with Crippen LogP contribution in [0.5, 0.6) is 0 Å². The maximum Gasteiger partial charge on any atom is 0.331 e. The maximum absolute atomic E-state index is 13.1. The van der Waals surface area contributed by atoms with Gasteiger partial charge in [0.25, 0.3) is 5.56 Å². The zero-order chi connectivity index (χ0) is 18.2. The largest absolute Gasteiger partial charge is 0.461 e. The van der Waals surface area contributed by atoms with E-state index < -0.39 is 35.7 Å². The lowest BCUT2D eigenvalue weighted by atomic mass is 10.2. The van der Waals surface area contributed by atoms with Gasteiger partial charge in [0, 0.05) is 0 Å². The first-order valence-electron chi connectivity index (χ1n) is 7.30. The first kappa shape index (κ1) is 18.1. The van der Waals surface area contributed by atoms with Gasteiger partial charge >= 0.3 is 17.6 Å². The van der Waals surface area contributed by atoms with E-state index in [9.17, 15) is 23.6 Å². The molecule has 1 aromatic heterocycles. The topological polar surface area (TPSA) is 107 Å². The SMILES string of the molecule is O=C(CCC(=O)OCn1cc(F)c(=O)[nH]c1=O)OCc1ccccc1. The number of aromatic amines is 1. The molecular formula is C16H15FN2O6. The highest BCUT2D eigenvalue weighted by molar-refractivity contribution is 5.77. The molecule has 9 heteroatoms. The molecule has 1 aromatic carbocycles. The highest BCUT2D eigenvalue weighted by Gasteiger charge is 2.11. The van der Waals surface area contributed by atoms with Gasteiger partial charge in [-0.1, -0.05) is 30.3 Å². The maximum atomic E-state index is 13.1. The molecule has 0 bridgehead atoms. The first-order chi connectivity index (χ1) is 12.0. The number of ether oxygens (including phenoxy) is 2. The zero-order valence-corrected chi connectivity index (χ0v) is 13.1. The summed E-state index contributed by atoms with van der Waals surface area (Å²) in [6.45, 7) is -0.481. The molecule has 0 aliphatic heterocycles. The van der Waals surface area contributed by atoms with Gasteiger partial charge in [-0.3, -0.25) is 23.9 Å². The summed E-state index contributed by atoms with van der Waals surface area (Å²) < 4.78 is 23.5. The minimum absolute atomic E-state index is 0.0980. The molecule has 132 valence electrons. The Morgan fingerprint density at radius 3 is 2.36 bits per heavy atom. The predicted molar refractivity (Wildman–Crippen MR) is 82.8 cm³/mol. The van der Waals surface area contributed by atoms with Crippen molar-refractivity contribution in [2.24, 2.45) is 0 Å². The Morgan fingerprint density at radius 2 is 1.68 bits per heavy atom. The van der Waals surface area contributed by atoms with Crippen LogP contribution in [0.4, 0.5) is 4.39 Å². The minimum Gasteiger partial charge on any atom is -0.461 e. The molecular weight excluding hydrogens is 335 g/mol. The lowest BCUT2D eigenvalue weighted by Gasteiger charge is -2.07. The molecule has 0 aliphatic carbocycles. The molecule has 0 saturated heterocycles. The number of benzene rings is 1. The third kappa shape index (κ3) is 5.72. The number of rotatable bonds is 7. The Morgan fingerprint density at radius 1 is 1.04 bits per heavy atom. The predicted octanol–water partition coefficient (Wildman–Crippen LogP) is 0.700. The summed E-state index contributed by atoms with van der Waals surface area (Å²) in [4.78, 5) is 47.1. The smallest absolute Gasteiger partial charge is 0.331 e. The highest BCUT2D eigenvalue weighted by Crippen LogP contribution is 2.03. The number of H-pyrrole nitrogens is 1. The van der Waals surface area contributed by atoms with E-state index in [1.807, 2.05) is 18.2 Å². The number of nitrogens with one attached hydrogen (secondary N) is 1. The van der Waals surface area contributed by atoms with E-state index in [2.05, 4.69) is 0 Å². The number of esters is 2. The molecule has 8 nitrogen and oxygen atoms in total. The first-order valence-corrected chi connectivity index (χ1v) is 7.30. The van der Waals surface area contributed by atoms with Crippen LogP contribution in [0, 0.1) is 5.82 Å². The van der Waals surface area contributed by atoms with Gasteiger partial charge in [-0.25, -0.2) is 4.79 Å². The van der Waals surface area contributed by atoms with Gasteiger partial charge < -0.3 is 9.47 Å². The molecule has 0 aliphatic rings. The fourth-order valence-electron chi connectivity index (χ4n) is 1.81. The summed E-state index contributed by atoms with van der Waals surface area (Å²) >= 11 is 0. The van der Waals surface area contributed by atoms with Crippen LogP contribution in [0.1, 0.15) is 18.4 Å². The molecule has 0 radical (unpaired) electrons. The lowest BCUT2D eigenvalue weighted by molar-refractivity contribution is -0.153. The third-order valence-electron chi connectivity index (χ3n) is 3.11. The number of hydrogen-bond donors (Lipinski definition) is 1. The van der Waals surface area contributed by atoms with Crippen molar-refractivity contribution in [3.8, 4) is 0 Å². The Labute approximate surface area is 140 Å². The number of carbonyl (C=O) groups is 2. The second kappa shape index (κ2) is 8.57. The van der Waals surface area contributed by atoms with Gasteiger partial charge in [-0.15, -0.1) is 0 Å². The summed E-state index contributed by atoms with van der Waals surface area (Å²) in [6, 6.07) is 9.04. The van der Waals surface area contributed by atoms with E-state index in [0.29, 0.717) is 10.8 Å². The van der Waals surface area contributed by atoms with Crippen LogP contribution in [0.15, 0.2) is 46.1 Å². The van der Waals surface area contributed by atoms with Crippen molar-refractivity contribution in [3.63, 3.8) is 0 Å². The number of halogens is 1. The fourth-order valence-corrected chi connectivity index (χ4v) is 1.81. The normalized spacial score (nSPS) is 10.3. The quantitative estimate of drug-likeness (QED) is 0.737. The van der Waals surface area contributed by atoms with Crippen molar-refractivity contribution < 1.29 is 23.5 Å². The second-order valence-corrected chi connectivity index (χ2v) is 5.00. The van der Waals surface area contributed by atoms with Crippen LogP contribution in [0.3, 0.4) is 0 Å². The average molecular weight is 350 g/mol. The van der Waals surface area contributed by atoms with Crippen LogP contribution in [0.2, 0.25) is 0 Å². The summed E-state index contributed by atoms with van der Waals surface area (Å²) in [5.74, 6) is -2.52. The van der Waals surface area contributed by atoms with Gasteiger partial charge in [0.15, 0.2) is 6.73 Å². The monoisotopic (exact) mass is 350 g/mol. The van der Waals surface area contributed by atoms with E-state index in [-0.39, 0.29) is 19.4 Å². The van der Waals surface area contributed by atoms with Gasteiger partial charge in [0.1, 0.15) is 6.61 Å². The van der Waals surface area contributed by atoms with E-state index >= 15 is 0 Å². The minimum atomic E-state index is -1.18. The molecule has 2 rings (SSSR count). The molecule has 1 N–H and O–H groups in total. The van der Waals surface area contributed by atoms with Crippen molar-refractivity contribution in [1.82, 2.24) is 9.55 Å². The van der Waals surface area contributed by atoms with E-state index in [1.54, 1.807) is 17.1 Å². The molecule has 0 spiro atoms. The van der Waals surface area contributed by atoms with E-state index in [4.69, 9.17) is 9.47 Å². The Bertz CT molecular complexity index is 859. The number of hydrogen-bond acceptors (Lipinski definition) is 6. The van der Waals surface area contributed by atoms with Crippen molar-refractivity contribution in [3.05, 3.63) is 68.7 Å². The van der Waals surface area contributed by atoms with Crippen LogP contribution < -0.4 is 11.2 Å². The Hall–Kier alpha value is -3.23. The van der Waals surface area contributed by atoms with Crippen LogP contribution in [0.25, 0.3) is 0 Å². The molecule has 0 amide bonds. The van der Waals surface area contributed by atoms with Crippen molar-refractivity contribution in [2.75, 3.05) is 0 Å². The fraction of sp³-hybridized carbons (Fsp3) is 0.250. The molecule has 2 aromatic rings. The van der Waals surface area contributed by atoms with Crippen LogP contribution in [-0.4, -0.2) is 21.5 Å². The van der Waals surface area contributed by atoms with Crippen molar-refractivity contribution in [2.45, 2.75) is 26.2 Å². The Balaban J connectivity index is 1.73. The van der Waals surface area contributed by atoms with Crippen LogP contribution in [-0.2, 0) is 32.4 Å². The van der Waals surface area contributed by atoms with Crippen LogP contribution >= 0.6 is 0 Å². The Kier molecular flexibility index (Phi) is 6.21. The zero-order valence-electron chi connectivity index (χ0n) is 13.1. The molecule has 25 heavy (non-hydrogen) atoms. The van der Waals surface area contributed by atoms with Gasteiger partial charge in [-0.2, -0.15) is 4.39 Å². The van der Waals surface area contributed by atoms with E-state index in [0.717, 1.165) is 5.56 Å². The molecule has 0 atom stereocenters. The molecule has 0 saturated carbocycles. The summed E-state index contributed by atoms with van der Waals surface area (Å²) in [6.07, 6.45) is 0.178. The second-order valence-electron chi connectivity index (χ2n) is 5.00. The van der Waals surface area contributed by atoms with Crippen molar-refractivity contribution >= 4 is 11.9 Å². The van der Waals surface area contributed by atoms with Gasteiger partial charge in [0.05, 0.1) is 19.0 Å². The van der Waals surface area contributed by atoms with Gasteiger partial charge in [0.2, 0.25) is 5.82 Å². The standard InChI is InChI=1S/C16H15FN2O6/c17-12-8-19(16(23)18-15(12)22)10-25-14(21)7-6-13(20)24-9-11-4-2-1-3-5-11/h1-5,8H,6-7,9-10H2,(H,18,22,23). The summed E-state index contributed by atoms with van der Waals surface area (Å²) in [5.41, 5.74) is -1.26. The average Bonchev–Trinajstić information content (AvgIpc) is 2.61. The molecule has 1 heterocycles. The molecule has 0 unspecified atom stereocenters. The molecule has 0 fully saturated rings. The number of carbonyl (C=O) groups excluding carboxylic acids is 2. The third-order valence-corrected chi connectivity index (χ3v) is 3.11. The highest BCUT2D eigenvalue weighted by atomic mass is 19.1. The number of nitrogens with zero attached hydrogens (tertiary/aromatic N) is 1. The lowest BCUT2D eigenvalue weighted by Crippen LogP contribution is -2.32. The van der Waals surface area contributed by atoms with Gasteiger partial charge in [-0.05, 0) is 5.56 Å². The number of aromatic nitrogens is 2. The summed E-state index contributed by atoms with van der Waals surface area (Å²) in [5, 5.41) is 0. The summed E-state index contributed by atoms with van der Waals surface area (Å²) in [7, 11) is 0.